The molecule has 0 amide bonds. The number of hydrogen-bond donors (Lipinski definition) is 1. The van der Waals surface area contributed by atoms with Crippen LogP contribution in [0, 0.1) is 16.0 Å². The van der Waals surface area contributed by atoms with Gasteiger partial charge in [-0.25, -0.2) is 9.97 Å². The van der Waals surface area contributed by atoms with Crippen LogP contribution in [0.4, 0.5) is 11.5 Å². The summed E-state index contributed by atoms with van der Waals surface area (Å²) in [7, 11) is 0. The van der Waals surface area contributed by atoms with Crippen LogP contribution >= 0.6 is 11.6 Å². The number of nitrogens with zero attached hydrogens (tertiary/aromatic N) is 3. The van der Waals surface area contributed by atoms with Gasteiger partial charge in [-0.05, 0) is 32.6 Å². The van der Waals surface area contributed by atoms with Gasteiger partial charge in [-0.1, -0.05) is 11.6 Å². The van der Waals surface area contributed by atoms with Gasteiger partial charge in [0.15, 0.2) is 0 Å². The Hall–Kier alpha value is -1.43. The van der Waals surface area contributed by atoms with E-state index in [9.17, 15) is 10.1 Å². The lowest BCUT2D eigenvalue weighted by Gasteiger charge is -2.26. The van der Waals surface area contributed by atoms with Crippen LogP contribution < -0.4 is 5.32 Å². The largest absolute Gasteiger partial charge is 0.359 e. The normalized spacial score (nSPS) is 15.7. The van der Waals surface area contributed by atoms with Gasteiger partial charge in [0.25, 0.3) is 0 Å². The van der Waals surface area contributed by atoms with Crippen molar-refractivity contribution in [2.24, 2.45) is 5.92 Å². The molecule has 7 heteroatoms. The molecule has 1 fully saturated rings. The highest BCUT2D eigenvalue weighted by Gasteiger charge is 2.39. The van der Waals surface area contributed by atoms with Crippen LogP contribution in [-0.2, 0) is 0 Å². The van der Waals surface area contributed by atoms with Crippen molar-refractivity contribution in [3.8, 4) is 0 Å². The second-order valence-corrected chi connectivity index (χ2v) is 5.10. The Balaban J connectivity index is 2.32. The Morgan fingerprint density at radius 2 is 2.18 bits per heavy atom. The number of nitrogens with one attached hydrogen (secondary N) is 1. The Bertz CT molecular complexity index is 460. The van der Waals surface area contributed by atoms with Crippen molar-refractivity contribution >= 4 is 23.1 Å². The fourth-order valence-electron chi connectivity index (χ4n) is 1.82. The van der Waals surface area contributed by atoms with Gasteiger partial charge in [0, 0.05) is 5.54 Å². The highest BCUT2D eigenvalue weighted by atomic mass is 35.5. The molecular formula is C10H13ClN4O2. The van der Waals surface area contributed by atoms with Gasteiger partial charge in [-0.3, -0.25) is 10.1 Å². The minimum absolute atomic E-state index is 0.140. The van der Waals surface area contributed by atoms with Gasteiger partial charge in [-0.15, -0.1) is 0 Å². The minimum Gasteiger partial charge on any atom is -0.359 e. The second-order valence-electron chi connectivity index (χ2n) is 4.74. The standard InChI is InChI=1S/C10H13ClN4O2/c1-10(2,6-3-4-6)14-9-7(15(16)17)8(11)12-5-13-9/h5-6H,3-4H2,1-2H3,(H,12,13,14). The summed E-state index contributed by atoms with van der Waals surface area (Å²) >= 11 is 5.72. The lowest BCUT2D eigenvalue weighted by Crippen LogP contribution is -2.34. The van der Waals surface area contributed by atoms with Crippen LogP contribution in [0.1, 0.15) is 26.7 Å². The number of aromatic nitrogens is 2. The molecule has 1 aromatic heterocycles. The molecule has 0 atom stereocenters. The summed E-state index contributed by atoms with van der Waals surface area (Å²) in [6.45, 7) is 4.01. The number of halogens is 1. The molecule has 17 heavy (non-hydrogen) atoms. The molecule has 0 saturated heterocycles. The lowest BCUT2D eigenvalue weighted by atomic mass is 9.99. The van der Waals surface area contributed by atoms with E-state index in [1.807, 2.05) is 13.8 Å². The molecule has 0 aromatic carbocycles. The predicted molar refractivity (Wildman–Crippen MR) is 64.1 cm³/mol. The zero-order chi connectivity index (χ0) is 12.6. The molecule has 6 nitrogen and oxygen atoms in total. The first kappa shape index (κ1) is 12.0. The lowest BCUT2D eigenvalue weighted by molar-refractivity contribution is -0.384. The molecule has 92 valence electrons. The fourth-order valence-corrected chi connectivity index (χ4v) is 2.02. The van der Waals surface area contributed by atoms with Gasteiger partial charge in [0.1, 0.15) is 6.33 Å². The van der Waals surface area contributed by atoms with Crippen molar-refractivity contribution in [1.82, 2.24) is 9.97 Å². The van der Waals surface area contributed by atoms with E-state index in [0.717, 1.165) is 12.8 Å². The van der Waals surface area contributed by atoms with Gasteiger partial charge in [0.2, 0.25) is 11.0 Å². The van der Waals surface area contributed by atoms with Crippen molar-refractivity contribution in [3.05, 3.63) is 21.6 Å². The van der Waals surface area contributed by atoms with Crippen molar-refractivity contribution in [3.63, 3.8) is 0 Å². The van der Waals surface area contributed by atoms with Gasteiger partial charge < -0.3 is 5.32 Å². The maximum Gasteiger partial charge on any atom is 0.348 e. The van der Waals surface area contributed by atoms with E-state index >= 15 is 0 Å². The molecule has 0 aliphatic heterocycles. The van der Waals surface area contributed by atoms with Crippen molar-refractivity contribution < 1.29 is 4.92 Å². The molecular weight excluding hydrogens is 244 g/mol. The Kier molecular flexibility index (Phi) is 2.91. The average molecular weight is 257 g/mol. The molecule has 1 aliphatic rings. The molecule has 1 aromatic rings. The maximum absolute atomic E-state index is 10.9. The highest BCUT2D eigenvalue weighted by Crippen LogP contribution is 2.42. The summed E-state index contributed by atoms with van der Waals surface area (Å²) in [4.78, 5) is 17.9. The van der Waals surface area contributed by atoms with Gasteiger partial charge in [0.05, 0.1) is 4.92 Å². The van der Waals surface area contributed by atoms with Crippen LogP contribution in [0.25, 0.3) is 0 Å². The highest BCUT2D eigenvalue weighted by molar-refractivity contribution is 6.31. The first-order chi connectivity index (χ1) is 7.92. The van der Waals surface area contributed by atoms with E-state index in [1.165, 1.54) is 6.33 Å². The average Bonchev–Trinajstić information content (AvgIpc) is 2.98. The molecule has 1 heterocycles. The fraction of sp³-hybridized carbons (Fsp3) is 0.600. The number of hydrogen-bond acceptors (Lipinski definition) is 5. The molecule has 0 radical (unpaired) electrons. The summed E-state index contributed by atoms with van der Waals surface area (Å²) in [5.74, 6) is 0.711. The summed E-state index contributed by atoms with van der Waals surface area (Å²) in [5.41, 5.74) is -0.481. The van der Waals surface area contributed by atoms with E-state index in [4.69, 9.17) is 11.6 Å². The van der Waals surface area contributed by atoms with E-state index < -0.39 is 4.92 Å². The Morgan fingerprint density at radius 3 is 2.71 bits per heavy atom. The summed E-state index contributed by atoms with van der Waals surface area (Å²) < 4.78 is 0. The molecule has 0 spiro atoms. The number of anilines is 1. The zero-order valence-electron chi connectivity index (χ0n) is 9.61. The SMILES string of the molecule is CC(C)(Nc1ncnc(Cl)c1[N+](=O)[O-])C1CC1. The minimum atomic E-state index is -0.562. The van der Waals surface area contributed by atoms with Crippen LogP contribution in [-0.4, -0.2) is 20.4 Å². The molecule has 0 unspecified atom stereocenters. The van der Waals surface area contributed by atoms with E-state index in [0.29, 0.717) is 5.92 Å². The van der Waals surface area contributed by atoms with E-state index in [-0.39, 0.29) is 22.2 Å². The van der Waals surface area contributed by atoms with Crippen LogP contribution in [0.15, 0.2) is 6.33 Å². The Labute approximate surface area is 104 Å². The molecule has 0 bridgehead atoms. The molecule has 2 rings (SSSR count). The summed E-state index contributed by atoms with van der Waals surface area (Å²) in [6, 6.07) is 0. The number of rotatable bonds is 4. The topological polar surface area (TPSA) is 81.0 Å². The van der Waals surface area contributed by atoms with Gasteiger partial charge >= 0.3 is 5.69 Å². The third-order valence-electron chi connectivity index (χ3n) is 3.00. The van der Waals surface area contributed by atoms with Crippen molar-refractivity contribution in [2.75, 3.05) is 5.32 Å². The van der Waals surface area contributed by atoms with Crippen LogP contribution in [0.2, 0.25) is 5.15 Å². The molecule has 1 aliphatic carbocycles. The smallest absolute Gasteiger partial charge is 0.348 e. The second kappa shape index (κ2) is 4.10. The van der Waals surface area contributed by atoms with Crippen molar-refractivity contribution in [2.45, 2.75) is 32.2 Å². The van der Waals surface area contributed by atoms with Crippen LogP contribution in [0.3, 0.4) is 0 Å². The molecule has 1 N–H and O–H groups in total. The Morgan fingerprint density at radius 1 is 1.53 bits per heavy atom. The van der Waals surface area contributed by atoms with Crippen molar-refractivity contribution in [1.29, 1.82) is 0 Å². The monoisotopic (exact) mass is 256 g/mol. The third kappa shape index (κ3) is 2.46. The maximum atomic E-state index is 10.9. The first-order valence-electron chi connectivity index (χ1n) is 5.35. The summed E-state index contributed by atoms with van der Waals surface area (Å²) in [6.07, 6.45) is 3.49. The van der Waals surface area contributed by atoms with E-state index in [2.05, 4.69) is 15.3 Å². The summed E-state index contributed by atoms with van der Waals surface area (Å²) in [5, 5.41) is 13.9. The van der Waals surface area contributed by atoms with Crippen LogP contribution in [0.5, 0.6) is 0 Å². The van der Waals surface area contributed by atoms with E-state index in [1.54, 1.807) is 0 Å². The zero-order valence-corrected chi connectivity index (χ0v) is 10.4. The number of nitro groups is 1. The third-order valence-corrected chi connectivity index (χ3v) is 3.28. The van der Waals surface area contributed by atoms with Gasteiger partial charge in [-0.2, -0.15) is 0 Å². The predicted octanol–water partition coefficient (Wildman–Crippen LogP) is 2.64. The molecule has 1 saturated carbocycles. The first-order valence-corrected chi connectivity index (χ1v) is 5.72. The quantitative estimate of drug-likeness (QED) is 0.509.